The number of ether oxygens (including phenoxy) is 2. The lowest BCUT2D eigenvalue weighted by atomic mass is 9.85. The summed E-state index contributed by atoms with van der Waals surface area (Å²) >= 11 is 0. The van der Waals surface area contributed by atoms with Crippen molar-refractivity contribution in [3.63, 3.8) is 0 Å². The summed E-state index contributed by atoms with van der Waals surface area (Å²) in [5.41, 5.74) is 2.88. The van der Waals surface area contributed by atoms with Gasteiger partial charge in [0.2, 0.25) is 5.91 Å². The Balaban J connectivity index is 2.19. The summed E-state index contributed by atoms with van der Waals surface area (Å²) in [4.78, 5) is 12.1. The average molecular weight is 301 g/mol. The van der Waals surface area contributed by atoms with E-state index >= 15 is 0 Å². The van der Waals surface area contributed by atoms with Crippen molar-refractivity contribution in [2.75, 3.05) is 19.5 Å². The maximum absolute atomic E-state index is 12.1. The molecule has 6 heteroatoms. The van der Waals surface area contributed by atoms with Crippen molar-refractivity contribution in [2.45, 2.75) is 19.3 Å². The summed E-state index contributed by atoms with van der Waals surface area (Å²) in [6.07, 6.45) is 0.364. The number of methoxy groups -OCH3 is 2. The van der Waals surface area contributed by atoms with Crippen LogP contribution in [0.4, 0.5) is 5.82 Å². The molecule has 1 atom stereocenters. The van der Waals surface area contributed by atoms with Crippen LogP contribution in [0.5, 0.6) is 11.5 Å². The number of nitrogens with one attached hydrogen (secondary N) is 1. The molecule has 6 nitrogen and oxygen atoms in total. The molecular weight excluding hydrogens is 282 g/mol. The molecule has 22 heavy (non-hydrogen) atoms. The lowest BCUT2D eigenvalue weighted by Gasteiger charge is -2.25. The van der Waals surface area contributed by atoms with Crippen molar-refractivity contribution >= 4 is 11.7 Å². The van der Waals surface area contributed by atoms with Crippen molar-refractivity contribution in [1.29, 1.82) is 0 Å². The number of aryl methyl sites for hydroxylation is 2. The van der Waals surface area contributed by atoms with Gasteiger partial charge in [0.05, 0.1) is 19.9 Å². The molecule has 2 aromatic rings. The van der Waals surface area contributed by atoms with Gasteiger partial charge in [-0.25, -0.2) is 0 Å². The molecule has 0 bridgehead atoms. The van der Waals surface area contributed by atoms with Crippen LogP contribution in [0.1, 0.15) is 29.2 Å². The summed E-state index contributed by atoms with van der Waals surface area (Å²) in [5.74, 6) is 2.12. The minimum Gasteiger partial charge on any atom is -0.497 e. The molecule has 1 aliphatic rings. The molecule has 0 saturated heterocycles. The molecule has 2 heterocycles. The van der Waals surface area contributed by atoms with E-state index in [9.17, 15) is 4.79 Å². The summed E-state index contributed by atoms with van der Waals surface area (Å²) in [5, 5.41) is 7.34. The van der Waals surface area contributed by atoms with E-state index in [1.807, 2.05) is 32.2 Å². The number of anilines is 1. The van der Waals surface area contributed by atoms with Crippen LogP contribution in [0.2, 0.25) is 0 Å². The number of hydrogen-bond acceptors (Lipinski definition) is 4. The molecule has 1 aliphatic heterocycles. The Hall–Kier alpha value is -2.50. The first-order valence-electron chi connectivity index (χ1n) is 7.10. The average Bonchev–Trinajstić information content (AvgIpc) is 2.80. The maximum Gasteiger partial charge on any atom is 0.226 e. The molecule has 0 unspecified atom stereocenters. The zero-order valence-electron chi connectivity index (χ0n) is 13.1. The Labute approximate surface area is 129 Å². The lowest BCUT2D eigenvalue weighted by molar-refractivity contribution is -0.116. The van der Waals surface area contributed by atoms with Crippen LogP contribution in [0.15, 0.2) is 18.2 Å². The molecule has 0 saturated carbocycles. The Bertz CT molecular complexity index is 736. The molecule has 0 spiro atoms. The lowest BCUT2D eigenvalue weighted by Crippen LogP contribution is -2.25. The number of hydrogen-bond donors (Lipinski definition) is 1. The van der Waals surface area contributed by atoms with Gasteiger partial charge < -0.3 is 14.8 Å². The zero-order chi connectivity index (χ0) is 15.9. The van der Waals surface area contributed by atoms with E-state index in [1.165, 1.54) is 0 Å². The van der Waals surface area contributed by atoms with Crippen LogP contribution in [-0.4, -0.2) is 29.9 Å². The topological polar surface area (TPSA) is 65.4 Å². The molecule has 1 aromatic heterocycles. The summed E-state index contributed by atoms with van der Waals surface area (Å²) in [6.45, 7) is 1.95. The molecule has 0 radical (unpaired) electrons. The van der Waals surface area contributed by atoms with E-state index < -0.39 is 0 Å². The van der Waals surface area contributed by atoms with Crippen molar-refractivity contribution in [1.82, 2.24) is 9.78 Å². The fourth-order valence-corrected chi connectivity index (χ4v) is 3.09. The third-order valence-electron chi connectivity index (χ3n) is 4.08. The number of carbonyl (C=O) groups is 1. The van der Waals surface area contributed by atoms with Gasteiger partial charge in [-0.2, -0.15) is 5.10 Å². The predicted molar refractivity (Wildman–Crippen MR) is 82.6 cm³/mol. The summed E-state index contributed by atoms with van der Waals surface area (Å²) in [6, 6.07) is 5.65. The van der Waals surface area contributed by atoms with Crippen LogP contribution >= 0.6 is 0 Å². The highest BCUT2D eigenvalue weighted by Crippen LogP contribution is 2.43. The minimum atomic E-state index is -0.0949. The van der Waals surface area contributed by atoms with Crippen molar-refractivity contribution in [3.8, 4) is 11.5 Å². The first-order chi connectivity index (χ1) is 10.5. The van der Waals surface area contributed by atoms with Crippen molar-refractivity contribution in [2.24, 2.45) is 7.05 Å². The number of benzene rings is 1. The third-order valence-corrected chi connectivity index (χ3v) is 4.08. The van der Waals surface area contributed by atoms with Gasteiger partial charge in [-0.1, -0.05) is 0 Å². The second kappa shape index (κ2) is 5.36. The minimum absolute atomic E-state index is 0.0228. The molecule has 1 aromatic carbocycles. The van der Waals surface area contributed by atoms with Gasteiger partial charge in [0.1, 0.15) is 17.3 Å². The molecule has 116 valence electrons. The second-order valence-corrected chi connectivity index (χ2v) is 5.38. The Morgan fingerprint density at radius 2 is 2.09 bits per heavy atom. The Morgan fingerprint density at radius 3 is 2.77 bits per heavy atom. The summed E-state index contributed by atoms with van der Waals surface area (Å²) in [7, 11) is 5.09. The van der Waals surface area contributed by atoms with E-state index in [0.717, 1.165) is 34.1 Å². The highest BCUT2D eigenvalue weighted by Gasteiger charge is 2.33. The van der Waals surface area contributed by atoms with Gasteiger partial charge in [-0.3, -0.25) is 9.48 Å². The second-order valence-electron chi connectivity index (χ2n) is 5.38. The quantitative estimate of drug-likeness (QED) is 0.944. The van der Waals surface area contributed by atoms with Crippen molar-refractivity contribution in [3.05, 3.63) is 35.0 Å². The predicted octanol–water partition coefficient (Wildman–Crippen LogP) is 2.22. The summed E-state index contributed by atoms with van der Waals surface area (Å²) < 4.78 is 12.5. The Morgan fingerprint density at radius 1 is 1.32 bits per heavy atom. The normalized spacial score (nSPS) is 16.9. The van der Waals surface area contributed by atoms with E-state index in [0.29, 0.717) is 6.42 Å². The van der Waals surface area contributed by atoms with Crippen LogP contribution in [0, 0.1) is 6.92 Å². The number of carbonyl (C=O) groups excluding carboxylic acids is 1. The molecule has 1 amide bonds. The van der Waals surface area contributed by atoms with Crippen LogP contribution in [0.25, 0.3) is 0 Å². The molecule has 1 N–H and O–H groups in total. The smallest absolute Gasteiger partial charge is 0.226 e. The van der Waals surface area contributed by atoms with Gasteiger partial charge in [0, 0.05) is 30.5 Å². The van der Waals surface area contributed by atoms with E-state index in [2.05, 4.69) is 10.4 Å². The highest BCUT2D eigenvalue weighted by molar-refractivity contribution is 5.94. The SMILES string of the molecule is COc1ccc(OC)c([C@H]2CC(=O)Nc3c2c(C)nn3C)c1. The molecular formula is C16H19N3O3. The van der Waals surface area contributed by atoms with E-state index in [4.69, 9.17) is 9.47 Å². The highest BCUT2D eigenvalue weighted by atomic mass is 16.5. The number of nitrogens with zero attached hydrogens (tertiary/aromatic N) is 2. The molecule has 0 fully saturated rings. The fourth-order valence-electron chi connectivity index (χ4n) is 3.09. The van der Waals surface area contributed by atoms with Gasteiger partial charge in [-0.05, 0) is 25.1 Å². The largest absolute Gasteiger partial charge is 0.497 e. The number of aromatic nitrogens is 2. The van der Waals surface area contributed by atoms with Gasteiger partial charge in [0.15, 0.2) is 0 Å². The van der Waals surface area contributed by atoms with E-state index in [1.54, 1.807) is 18.9 Å². The number of rotatable bonds is 3. The van der Waals surface area contributed by atoms with Gasteiger partial charge in [-0.15, -0.1) is 0 Å². The molecule has 0 aliphatic carbocycles. The monoisotopic (exact) mass is 301 g/mol. The number of fused-ring (bicyclic) bond motifs is 1. The Kier molecular flexibility index (Phi) is 3.52. The van der Waals surface area contributed by atoms with Crippen LogP contribution < -0.4 is 14.8 Å². The first-order valence-corrected chi connectivity index (χ1v) is 7.10. The maximum atomic E-state index is 12.1. The molecule has 3 rings (SSSR count). The number of amides is 1. The third kappa shape index (κ3) is 2.20. The standard InChI is InChI=1S/C16H19N3O3/c1-9-15-12(8-14(20)17-16(15)19(2)18-9)11-7-10(21-3)5-6-13(11)22-4/h5-7,12H,8H2,1-4H3,(H,17,20)/t12-/m1/s1. The van der Waals surface area contributed by atoms with Crippen LogP contribution in [-0.2, 0) is 11.8 Å². The van der Waals surface area contributed by atoms with Crippen molar-refractivity contribution < 1.29 is 14.3 Å². The van der Waals surface area contributed by atoms with Crippen LogP contribution in [0.3, 0.4) is 0 Å². The van der Waals surface area contributed by atoms with Gasteiger partial charge in [0.25, 0.3) is 0 Å². The fraction of sp³-hybridized carbons (Fsp3) is 0.375. The van der Waals surface area contributed by atoms with E-state index in [-0.39, 0.29) is 11.8 Å². The first kappa shape index (κ1) is 14.4. The van der Waals surface area contributed by atoms with Gasteiger partial charge >= 0.3 is 0 Å². The zero-order valence-corrected chi connectivity index (χ0v) is 13.1.